The molecule has 0 atom stereocenters. The van der Waals surface area contributed by atoms with Crippen LogP contribution in [0.5, 0.6) is 5.75 Å². The van der Waals surface area contributed by atoms with Gasteiger partial charge in [0, 0.05) is 5.38 Å². The lowest BCUT2D eigenvalue weighted by atomic mass is 10.1. The molecule has 1 heterocycles. The van der Waals surface area contributed by atoms with Crippen LogP contribution in [0.4, 0.5) is 5.13 Å². The van der Waals surface area contributed by atoms with Gasteiger partial charge in [0.15, 0.2) is 0 Å². The van der Waals surface area contributed by atoms with E-state index in [1.54, 1.807) is 6.07 Å². The number of aromatic carboxylic acids is 1. The average molecular weight is 277 g/mol. The minimum Gasteiger partial charge on any atom is -0.507 e. The number of aromatic hydroxyl groups is 1. The summed E-state index contributed by atoms with van der Waals surface area (Å²) in [6.07, 6.45) is 1.47. The number of aryl methyl sites for hydroxylation is 1. The molecule has 2 rings (SSSR count). The molecule has 0 fully saturated rings. The molecule has 2 aromatic rings. The molecule has 0 saturated heterocycles. The summed E-state index contributed by atoms with van der Waals surface area (Å²) >= 11 is 1.43. The summed E-state index contributed by atoms with van der Waals surface area (Å²) in [7, 11) is 0. The summed E-state index contributed by atoms with van der Waals surface area (Å²) in [6.45, 7) is 1.88. The first-order valence-corrected chi connectivity index (χ1v) is 6.22. The van der Waals surface area contributed by atoms with Crippen molar-refractivity contribution in [2.75, 3.05) is 5.43 Å². The second kappa shape index (κ2) is 5.49. The molecule has 0 unspecified atom stereocenters. The van der Waals surface area contributed by atoms with Gasteiger partial charge in [-0.3, -0.25) is 5.43 Å². The molecule has 1 aromatic carbocycles. The average Bonchev–Trinajstić information content (AvgIpc) is 2.75. The van der Waals surface area contributed by atoms with Gasteiger partial charge in [-0.25, -0.2) is 9.78 Å². The van der Waals surface area contributed by atoms with Gasteiger partial charge in [-0.1, -0.05) is 6.07 Å². The summed E-state index contributed by atoms with van der Waals surface area (Å²) in [5.41, 5.74) is 4.11. The minimum absolute atomic E-state index is 0.138. The Hall–Kier alpha value is -2.41. The number of hydrogen-bond donors (Lipinski definition) is 3. The maximum atomic E-state index is 10.7. The highest BCUT2D eigenvalue weighted by Crippen LogP contribution is 2.18. The number of rotatable bonds is 4. The van der Waals surface area contributed by atoms with Crippen LogP contribution in [0.3, 0.4) is 0 Å². The molecule has 0 saturated carbocycles. The highest BCUT2D eigenvalue weighted by molar-refractivity contribution is 7.13. The number of carboxylic acid groups (broad SMARTS) is 1. The van der Waals surface area contributed by atoms with Crippen molar-refractivity contribution in [1.82, 2.24) is 4.98 Å². The van der Waals surface area contributed by atoms with E-state index in [1.807, 2.05) is 12.3 Å². The van der Waals surface area contributed by atoms with Crippen LogP contribution in [0.15, 0.2) is 28.7 Å². The molecular weight excluding hydrogens is 266 g/mol. The molecule has 0 aliphatic rings. The van der Waals surface area contributed by atoms with Crippen molar-refractivity contribution in [3.8, 4) is 5.75 Å². The fourth-order valence-corrected chi connectivity index (χ4v) is 2.01. The van der Waals surface area contributed by atoms with Gasteiger partial charge in [-0.2, -0.15) is 5.10 Å². The van der Waals surface area contributed by atoms with Crippen molar-refractivity contribution in [2.45, 2.75) is 6.92 Å². The third kappa shape index (κ3) is 3.29. The van der Waals surface area contributed by atoms with E-state index >= 15 is 0 Å². The van der Waals surface area contributed by atoms with E-state index in [-0.39, 0.29) is 11.3 Å². The van der Waals surface area contributed by atoms with Crippen molar-refractivity contribution >= 4 is 28.7 Å². The van der Waals surface area contributed by atoms with Crippen molar-refractivity contribution < 1.29 is 15.0 Å². The summed E-state index contributed by atoms with van der Waals surface area (Å²) in [4.78, 5) is 14.9. The van der Waals surface area contributed by atoms with Gasteiger partial charge in [0.25, 0.3) is 0 Å². The maximum absolute atomic E-state index is 10.7. The Balaban J connectivity index is 2.07. The van der Waals surface area contributed by atoms with Gasteiger partial charge >= 0.3 is 5.97 Å². The van der Waals surface area contributed by atoms with Crippen LogP contribution in [-0.4, -0.2) is 27.4 Å². The van der Waals surface area contributed by atoms with Gasteiger partial charge in [-0.05, 0) is 24.6 Å². The van der Waals surface area contributed by atoms with Crippen LogP contribution in [0, 0.1) is 6.92 Å². The Morgan fingerprint density at radius 1 is 1.53 bits per heavy atom. The Kier molecular flexibility index (Phi) is 3.76. The zero-order valence-corrected chi connectivity index (χ0v) is 10.8. The van der Waals surface area contributed by atoms with Gasteiger partial charge < -0.3 is 10.2 Å². The summed E-state index contributed by atoms with van der Waals surface area (Å²) < 4.78 is 0. The van der Waals surface area contributed by atoms with Crippen LogP contribution in [0.2, 0.25) is 0 Å². The summed E-state index contributed by atoms with van der Waals surface area (Å²) in [6, 6.07) is 4.22. The minimum atomic E-state index is -1.17. The predicted octanol–water partition coefficient (Wildman–Crippen LogP) is 2.30. The number of nitrogens with one attached hydrogen (secondary N) is 1. The molecule has 98 valence electrons. The fraction of sp³-hybridized carbons (Fsp3) is 0.0833. The zero-order valence-electron chi connectivity index (χ0n) is 9.99. The molecule has 6 nitrogen and oxygen atoms in total. The molecule has 0 spiro atoms. The Labute approximate surface area is 113 Å². The molecule has 0 aliphatic heterocycles. The molecule has 0 bridgehead atoms. The van der Waals surface area contributed by atoms with Crippen LogP contribution in [0.25, 0.3) is 0 Å². The Morgan fingerprint density at radius 2 is 2.32 bits per heavy atom. The second-order valence-corrected chi connectivity index (χ2v) is 4.60. The van der Waals surface area contributed by atoms with Crippen LogP contribution in [0.1, 0.15) is 21.6 Å². The van der Waals surface area contributed by atoms with E-state index in [2.05, 4.69) is 15.5 Å². The van der Waals surface area contributed by atoms with Crippen LogP contribution in [-0.2, 0) is 0 Å². The molecule has 0 radical (unpaired) electrons. The Morgan fingerprint density at radius 3 is 2.89 bits per heavy atom. The molecule has 0 aliphatic carbocycles. The van der Waals surface area contributed by atoms with Crippen molar-refractivity contribution in [3.05, 3.63) is 40.4 Å². The summed E-state index contributed by atoms with van der Waals surface area (Å²) in [5.74, 6) is -1.46. The fourth-order valence-electron chi connectivity index (χ4n) is 1.38. The van der Waals surface area contributed by atoms with E-state index in [1.165, 1.54) is 29.7 Å². The molecule has 0 amide bonds. The van der Waals surface area contributed by atoms with E-state index in [4.69, 9.17) is 5.11 Å². The number of benzene rings is 1. The number of thiazole rings is 1. The molecule has 7 heteroatoms. The molecule has 19 heavy (non-hydrogen) atoms. The lowest BCUT2D eigenvalue weighted by molar-refractivity contribution is 0.0694. The van der Waals surface area contributed by atoms with Crippen molar-refractivity contribution in [2.24, 2.45) is 5.10 Å². The number of carbonyl (C=O) groups is 1. The highest BCUT2D eigenvalue weighted by Gasteiger charge is 2.08. The quantitative estimate of drug-likeness (QED) is 0.588. The number of anilines is 1. The number of aromatic nitrogens is 1. The lowest BCUT2D eigenvalue weighted by Crippen LogP contribution is -1.97. The number of hydrogen-bond acceptors (Lipinski definition) is 6. The van der Waals surface area contributed by atoms with E-state index in [0.29, 0.717) is 10.7 Å². The zero-order chi connectivity index (χ0) is 13.8. The monoisotopic (exact) mass is 277 g/mol. The Bertz CT molecular complexity index is 637. The smallest absolute Gasteiger partial charge is 0.339 e. The third-order valence-corrected chi connectivity index (χ3v) is 3.11. The topological polar surface area (TPSA) is 94.8 Å². The van der Waals surface area contributed by atoms with Gasteiger partial charge in [0.05, 0.1) is 11.9 Å². The largest absolute Gasteiger partial charge is 0.507 e. The number of hydrazone groups is 1. The highest BCUT2D eigenvalue weighted by atomic mass is 32.1. The lowest BCUT2D eigenvalue weighted by Gasteiger charge is -2.00. The third-order valence-electron chi connectivity index (χ3n) is 2.25. The second-order valence-electron chi connectivity index (χ2n) is 3.75. The predicted molar refractivity (Wildman–Crippen MR) is 73.1 cm³/mol. The maximum Gasteiger partial charge on any atom is 0.339 e. The first kappa shape index (κ1) is 13.0. The summed E-state index contributed by atoms with van der Waals surface area (Å²) in [5, 5.41) is 24.8. The first-order chi connectivity index (χ1) is 9.06. The van der Waals surface area contributed by atoms with Crippen molar-refractivity contribution in [3.63, 3.8) is 0 Å². The molecular formula is C12H11N3O3S. The van der Waals surface area contributed by atoms with Gasteiger partial charge in [0.1, 0.15) is 11.3 Å². The van der Waals surface area contributed by atoms with Crippen molar-refractivity contribution in [1.29, 1.82) is 0 Å². The van der Waals surface area contributed by atoms with Crippen LogP contribution < -0.4 is 5.43 Å². The molecule has 1 aromatic heterocycles. The SMILES string of the molecule is Cc1csc(NN=Cc2ccc(C(=O)O)c(O)c2)n1. The number of nitrogens with zero attached hydrogens (tertiary/aromatic N) is 2. The van der Waals surface area contributed by atoms with Gasteiger partial charge in [0.2, 0.25) is 5.13 Å². The number of phenols is 1. The normalized spacial score (nSPS) is 10.8. The van der Waals surface area contributed by atoms with E-state index in [0.717, 1.165) is 5.69 Å². The van der Waals surface area contributed by atoms with E-state index in [9.17, 15) is 9.90 Å². The number of carboxylic acids is 1. The standard InChI is InChI=1S/C12H11N3O3S/c1-7-6-19-12(14-7)15-13-5-8-2-3-9(11(17)18)10(16)4-8/h2-6,16H,1H3,(H,14,15)(H,17,18). The molecule has 3 N–H and O–H groups in total. The van der Waals surface area contributed by atoms with E-state index < -0.39 is 5.97 Å². The van der Waals surface area contributed by atoms with Crippen LogP contribution >= 0.6 is 11.3 Å². The first-order valence-electron chi connectivity index (χ1n) is 5.34. The van der Waals surface area contributed by atoms with Gasteiger partial charge in [-0.15, -0.1) is 11.3 Å².